The van der Waals surface area contributed by atoms with Crippen LogP contribution < -0.4 is 10.1 Å². The van der Waals surface area contributed by atoms with Crippen LogP contribution in [0.15, 0.2) is 71.8 Å². The van der Waals surface area contributed by atoms with Gasteiger partial charge in [-0.2, -0.15) is 0 Å². The number of benzene rings is 2. The Kier molecular flexibility index (Phi) is 5.89. The minimum absolute atomic E-state index is 0.0869. The second kappa shape index (κ2) is 8.23. The Bertz CT molecular complexity index is 1160. The number of hydrogen-bond acceptors (Lipinski definition) is 5. The summed E-state index contributed by atoms with van der Waals surface area (Å²) in [5.41, 5.74) is 1.10. The molecule has 1 heterocycles. The lowest BCUT2D eigenvalue weighted by Gasteiger charge is -2.24. The Morgan fingerprint density at radius 1 is 1.07 bits per heavy atom. The molecule has 0 aliphatic rings. The zero-order valence-electron chi connectivity index (χ0n) is 16.7. The van der Waals surface area contributed by atoms with Crippen LogP contribution in [0.5, 0.6) is 11.6 Å². The van der Waals surface area contributed by atoms with E-state index in [-0.39, 0.29) is 16.6 Å². The summed E-state index contributed by atoms with van der Waals surface area (Å²) in [6.07, 6.45) is 1.35. The van der Waals surface area contributed by atoms with Crippen molar-refractivity contribution in [3.63, 3.8) is 0 Å². The van der Waals surface area contributed by atoms with E-state index in [4.69, 9.17) is 4.74 Å². The molecule has 0 aliphatic carbocycles. The van der Waals surface area contributed by atoms with E-state index in [9.17, 15) is 17.6 Å². The van der Waals surface area contributed by atoms with Gasteiger partial charge in [0.15, 0.2) is 9.84 Å². The number of amides is 1. The molecule has 0 aliphatic heterocycles. The fourth-order valence-corrected chi connectivity index (χ4v) is 4.10. The highest BCUT2D eigenvalue weighted by atomic mass is 32.2. The van der Waals surface area contributed by atoms with Gasteiger partial charge in [-0.1, -0.05) is 12.1 Å². The molecular formula is C22H21FN2O4S. The highest BCUT2D eigenvalue weighted by Gasteiger charge is 2.42. The van der Waals surface area contributed by atoms with Crippen molar-refractivity contribution in [3.05, 3.63) is 78.2 Å². The van der Waals surface area contributed by atoms with Gasteiger partial charge in [-0.15, -0.1) is 0 Å². The average Bonchev–Trinajstić information content (AvgIpc) is 2.71. The van der Waals surface area contributed by atoms with Crippen LogP contribution in [-0.4, -0.2) is 24.1 Å². The van der Waals surface area contributed by atoms with Crippen molar-refractivity contribution in [2.45, 2.75) is 30.4 Å². The Morgan fingerprint density at radius 2 is 1.77 bits per heavy atom. The first kappa shape index (κ1) is 21.4. The fraction of sp³-hybridized carbons (Fsp3) is 0.182. The Labute approximate surface area is 174 Å². The van der Waals surface area contributed by atoms with Crippen molar-refractivity contribution in [1.82, 2.24) is 4.98 Å². The van der Waals surface area contributed by atoms with Gasteiger partial charge >= 0.3 is 0 Å². The van der Waals surface area contributed by atoms with Crippen LogP contribution in [0.1, 0.15) is 19.4 Å². The number of nitrogens with one attached hydrogen (secondary N) is 1. The summed E-state index contributed by atoms with van der Waals surface area (Å²) in [6.45, 7) is 4.51. The highest BCUT2D eigenvalue weighted by molar-refractivity contribution is 7.93. The van der Waals surface area contributed by atoms with Gasteiger partial charge in [0.2, 0.25) is 11.8 Å². The van der Waals surface area contributed by atoms with Gasteiger partial charge in [-0.3, -0.25) is 4.79 Å². The predicted octanol–water partition coefficient (Wildman–Crippen LogP) is 4.51. The summed E-state index contributed by atoms with van der Waals surface area (Å²) in [5.74, 6) is -0.410. The summed E-state index contributed by atoms with van der Waals surface area (Å²) in [5, 5.41) is 2.59. The number of nitrogens with zero attached hydrogens (tertiary/aromatic N) is 1. The Hall–Kier alpha value is -3.26. The molecule has 3 aromatic rings. The van der Waals surface area contributed by atoms with Crippen molar-refractivity contribution in [2.75, 3.05) is 5.32 Å². The third-order valence-corrected chi connectivity index (χ3v) is 6.95. The van der Waals surface area contributed by atoms with E-state index in [2.05, 4.69) is 10.3 Å². The molecule has 1 amide bonds. The SMILES string of the molecule is Cc1cccc(S(=O)(=O)C(C)(C)C(=O)Nc2ccc(Oc3ccc(F)cc3)nc2)c1. The topological polar surface area (TPSA) is 85.4 Å². The van der Waals surface area contributed by atoms with Crippen molar-refractivity contribution in [2.24, 2.45) is 0 Å². The maximum atomic E-state index is 13.0. The number of pyridine rings is 1. The van der Waals surface area contributed by atoms with Crippen molar-refractivity contribution >= 4 is 21.4 Å². The first-order chi connectivity index (χ1) is 14.1. The average molecular weight is 428 g/mol. The summed E-state index contributed by atoms with van der Waals surface area (Å²) < 4.78 is 42.7. The molecule has 1 N–H and O–H groups in total. The molecule has 6 nitrogen and oxygen atoms in total. The van der Waals surface area contributed by atoms with Gasteiger partial charge in [0.05, 0.1) is 16.8 Å². The number of rotatable bonds is 6. The standard InChI is InChI=1S/C22H21FN2O4S/c1-15-5-4-6-19(13-15)30(27,28)22(2,3)21(26)25-17-9-12-20(24-14-17)29-18-10-7-16(23)8-11-18/h4-14H,1-3H3,(H,25,26). The van der Waals surface area contributed by atoms with E-state index in [1.807, 2.05) is 0 Å². The van der Waals surface area contributed by atoms with E-state index in [0.29, 0.717) is 11.4 Å². The molecule has 0 unspecified atom stereocenters. The minimum Gasteiger partial charge on any atom is -0.439 e. The number of aryl methyl sites for hydroxylation is 1. The van der Waals surface area contributed by atoms with Gasteiger partial charge in [-0.25, -0.2) is 17.8 Å². The van der Waals surface area contributed by atoms with Crippen LogP contribution in [-0.2, 0) is 14.6 Å². The van der Waals surface area contributed by atoms with Crippen LogP contribution in [0.25, 0.3) is 0 Å². The van der Waals surface area contributed by atoms with Gasteiger partial charge in [0.25, 0.3) is 0 Å². The van der Waals surface area contributed by atoms with E-state index < -0.39 is 20.5 Å². The zero-order valence-corrected chi connectivity index (χ0v) is 17.5. The third-order valence-electron chi connectivity index (χ3n) is 4.55. The molecule has 156 valence electrons. The first-order valence-electron chi connectivity index (χ1n) is 9.12. The summed E-state index contributed by atoms with van der Waals surface area (Å²) >= 11 is 0. The molecule has 8 heteroatoms. The van der Waals surface area contributed by atoms with Crippen molar-refractivity contribution in [1.29, 1.82) is 0 Å². The molecule has 0 bridgehead atoms. The maximum Gasteiger partial charge on any atom is 0.245 e. The van der Waals surface area contributed by atoms with Crippen LogP contribution in [0.3, 0.4) is 0 Å². The molecule has 0 spiro atoms. The fourth-order valence-electron chi connectivity index (χ4n) is 2.62. The minimum atomic E-state index is -3.92. The van der Waals surface area contributed by atoms with E-state index in [1.165, 1.54) is 62.5 Å². The Balaban J connectivity index is 1.73. The molecule has 0 atom stereocenters. The first-order valence-corrected chi connectivity index (χ1v) is 10.6. The summed E-state index contributed by atoms with van der Waals surface area (Å²) in [7, 11) is -3.92. The van der Waals surface area contributed by atoms with Gasteiger partial charge in [0.1, 0.15) is 16.3 Å². The summed E-state index contributed by atoms with van der Waals surface area (Å²) in [6, 6.07) is 14.9. The molecule has 0 fully saturated rings. The lowest BCUT2D eigenvalue weighted by atomic mass is 10.2. The third kappa shape index (κ3) is 4.49. The number of aromatic nitrogens is 1. The predicted molar refractivity (Wildman–Crippen MR) is 112 cm³/mol. The molecule has 2 aromatic carbocycles. The van der Waals surface area contributed by atoms with E-state index in [0.717, 1.165) is 5.56 Å². The molecule has 1 aromatic heterocycles. The number of anilines is 1. The number of hydrogen-bond donors (Lipinski definition) is 1. The number of carbonyl (C=O) groups excluding carboxylic acids is 1. The monoisotopic (exact) mass is 428 g/mol. The molecule has 0 radical (unpaired) electrons. The Morgan fingerprint density at radius 3 is 2.37 bits per heavy atom. The van der Waals surface area contributed by atoms with Crippen molar-refractivity contribution < 1.29 is 22.3 Å². The lowest BCUT2D eigenvalue weighted by molar-refractivity contribution is -0.117. The van der Waals surface area contributed by atoms with Gasteiger partial charge < -0.3 is 10.1 Å². The molecule has 0 saturated carbocycles. The molecular weight excluding hydrogens is 407 g/mol. The van der Waals surface area contributed by atoms with Crippen LogP contribution in [0.4, 0.5) is 10.1 Å². The second-order valence-corrected chi connectivity index (χ2v) is 9.72. The molecule has 3 rings (SSSR count). The maximum absolute atomic E-state index is 13.0. The number of sulfone groups is 1. The highest BCUT2D eigenvalue weighted by Crippen LogP contribution is 2.28. The number of carbonyl (C=O) groups is 1. The van der Waals surface area contributed by atoms with E-state index >= 15 is 0 Å². The van der Waals surface area contributed by atoms with E-state index in [1.54, 1.807) is 25.1 Å². The summed E-state index contributed by atoms with van der Waals surface area (Å²) in [4.78, 5) is 16.9. The smallest absolute Gasteiger partial charge is 0.245 e. The van der Waals surface area contributed by atoms with Crippen molar-refractivity contribution in [3.8, 4) is 11.6 Å². The molecule has 0 saturated heterocycles. The second-order valence-electron chi connectivity index (χ2n) is 7.23. The largest absolute Gasteiger partial charge is 0.439 e. The van der Waals surface area contributed by atoms with Crippen LogP contribution in [0, 0.1) is 12.7 Å². The molecule has 30 heavy (non-hydrogen) atoms. The van der Waals surface area contributed by atoms with Gasteiger partial charge in [-0.05, 0) is 68.8 Å². The van der Waals surface area contributed by atoms with Crippen LogP contribution >= 0.6 is 0 Å². The number of ether oxygens (including phenoxy) is 1. The van der Waals surface area contributed by atoms with Gasteiger partial charge in [0, 0.05) is 6.07 Å². The number of halogens is 1. The van der Waals surface area contributed by atoms with Crippen LogP contribution in [0.2, 0.25) is 0 Å². The lowest BCUT2D eigenvalue weighted by Crippen LogP contribution is -2.44. The quantitative estimate of drug-likeness (QED) is 0.624. The zero-order chi connectivity index (χ0) is 21.9. The normalized spacial score (nSPS) is 11.7.